The Kier molecular flexibility index (Phi) is 5.86. The lowest BCUT2D eigenvalue weighted by molar-refractivity contribution is 0.0949. The molecule has 0 saturated carbocycles. The molecule has 2 rings (SSSR count). The van der Waals surface area contributed by atoms with Gasteiger partial charge in [0.15, 0.2) is 0 Å². The van der Waals surface area contributed by atoms with E-state index in [1.165, 1.54) is 24.5 Å². The van der Waals surface area contributed by atoms with E-state index in [0.29, 0.717) is 13.0 Å². The fraction of sp³-hybridized carbons (Fsp3) is 0.154. The fourth-order valence-electron chi connectivity index (χ4n) is 1.56. The average molecular weight is 297 g/mol. The van der Waals surface area contributed by atoms with Gasteiger partial charge in [0.25, 0.3) is 5.91 Å². The van der Waals surface area contributed by atoms with Crippen molar-refractivity contribution in [1.82, 2.24) is 15.3 Å². The molecule has 7 heteroatoms. The second-order valence-corrected chi connectivity index (χ2v) is 3.96. The molecule has 20 heavy (non-hydrogen) atoms. The van der Waals surface area contributed by atoms with Crippen molar-refractivity contribution in [2.45, 2.75) is 6.42 Å². The molecule has 0 aliphatic rings. The number of benzene rings is 1. The van der Waals surface area contributed by atoms with Crippen LogP contribution in [0.3, 0.4) is 0 Å². The van der Waals surface area contributed by atoms with Gasteiger partial charge in [0.2, 0.25) is 0 Å². The predicted molar refractivity (Wildman–Crippen MR) is 76.1 cm³/mol. The molecule has 1 heterocycles. The van der Waals surface area contributed by atoms with Gasteiger partial charge in [-0.05, 0) is 24.1 Å². The average Bonchev–Trinajstić information content (AvgIpc) is 2.41. The monoisotopic (exact) mass is 296 g/mol. The van der Waals surface area contributed by atoms with Crippen LogP contribution in [-0.4, -0.2) is 22.4 Å². The molecule has 0 aliphatic heterocycles. The molecular formula is C13H14ClFN4O. The zero-order valence-corrected chi connectivity index (χ0v) is 11.4. The topological polar surface area (TPSA) is 80.9 Å². The number of nitrogens with two attached hydrogens (primary N) is 1. The smallest absolute Gasteiger partial charge is 0.270 e. The summed E-state index contributed by atoms with van der Waals surface area (Å²) < 4.78 is 12.7. The van der Waals surface area contributed by atoms with Crippen LogP contribution in [0.2, 0.25) is 0 Å². The van der Waals surface area contributed by atoms with E-state index < -0.39 is 0 Å². The maximum Gasteiger partial charge on any atom is 0.270 e. The summed E-state index contributed by atoms with van der Waals surface area (Å²) in [4.78, 5) is 19.3. The Morgan fingerprint density at radius 1 is 1.25 bits per heavy atom. The summed E-state index contributed by atoms with van der Waals surface area (Å²) in [5.41, 5.74) is 6.64. The molecule has 1 aromatic heterocycles. The highest BCUT2D eigenvalue weighted by Crippen LogP contribution is 2.03. The van der Waals surface area contributed by atoms with Gasteiger partial charge >= 0.3 is 0 Å². The summed E-state index contributed by atoms with van der Waals surface area (Å²) in [6.07, 6.45) is 1.86. The van der Waals surface area contributed by atoms with E-state index in [4.69, 9.17) is 5.73 Å². The maximum absolute atomic E-state index is 12.7. The number of carbonyl (C=O) groups is 1. The summed E-state index contributed by atoms with van der Waals surface area (Å²) in [7, 11) is 0. The van der Waals surface area contributed by atoms with Gasteiger partial charge in [0, 0.05) is 12.6 Å². The third kappa shape index (κ3) is 4.47. The van der Waals surface area contributed by atoms with Crippen molar-refractivity contribution in [2.75, 3.05) is 12.3 Å². The van der Waals surface area contributed by atoms with Crippen LogP contribution in [0.1, 0.15) is 16.1 Å². The number of aromatic nitrogens is 2. The van der Waals surface area contributed by atoms with Crippen molar-refractivity contribution in [1.29, 1.82) is 0 Å². The minimum absolute atomic E-state index is 0. The SMILES string of the molecule is Cl.Nc1cc(C(=O)NCCc2ccc(F)cc2)ncn1. The maximum atomic E-state index is 12.7. The van der Waals surface area contributed by atoms with Gasteiger partial charge in [-0.2, -0.15) is 0 Å². The second-order valence-electron chi connectivity index (χ2n) is 3.96. The molecule has 0 saturated heterocycles. The highest BCUT2D eigenvalue weighted by atomic mass is 35.5. The number of nitrogen functional groups attached to an aromatic ring is 1. The largest absolute Gasteiger partial charge is 0.384 e. The normalized spacial score (nSPS) is 9.65. The van der Waals surface area contributed by atoms with Crippen molar-refractivity contribution >= 4 is 24.1 Å². The zero-order chi connectivity index (χ0) is 13.7. The number of amides is 1. The molecule has 1 aromatic carbocycles. The molecule has 0 radical (unpaired) electrons. The van der Waals surface area contributed by atoms with Crippen LogP contribution in [0.5, 0.6) is 0 Å². The van der Waals surface area contributed by atoms with Crippen molar-refractivity contribution in [3.05, 3.63) is 53.7 Å². The van der Waals surface area contributed by atoms with Gasteiger partial charge in [-0.1, -0.05) is 12.1 Å². The van der Waals surface area contributed by atoms with Gasteiger partial charge in [-0.15, -0.1) is 12.4 Å². The number of rotatable bonds is 4. The molecule has 1 amide bonds. The Morgan fingerprint density at radius 2 is 1.95 bits per heavy atom. The van der Waals surface area contributed by atoms with Crippen LogP contribution >= 0.6 is 12.4 Å². The number of nitrogens with one attached hydrogen (secondary N) is 1. The minimum atomic E-state index is -0.309. The van der Waals surface area contributed by atoms with Crippen LogP contribution in [-0.2, 0) is 6.42 Å². The van der Waals surface area contributed by atoms with E-state index in [1.54, 1.807) is 12.1 Å². The molecule has 5 nitrogen and oxygen atoms in total. The number of halogens is 2. The highest BCUT2D eigenvalue weighted by molar-refractivity contribution is 5.92. The molecule has 0 aliphatic carbocycles. The standard InChI is InChI=1S/C13H13FN4O.ClH/c14-10-3-1-9(2-4-10)5-6-16-13(19)11-7-12(15)18-8-17-11;/h1-4,7-8H,5-6H2,(H,16,19)(H2,15,17,18);1H. The summed E-state index contributed by atoms with van der Waals surface area (Å²) in [6, 6.07) is 7.56. The lowest BCUT2D eigenvalue weighted by atomic mass is 10.1. The first-order valence-corrected chi connectivity index (χ1v) is 5.75. The highest BCUT2D eigenvalue weighted by Gasteiger charge is 2.06. The zero-order valence-electron chi connectivity index (χ0n) is 10.5. The van der Waals surface area contributed by atoms with Crippen LogP contribution in [0, 0.1) is 5.82 Å². The molecule has 106 valence electrons. The summed E-state index contributed by atoms with van der Waals surface area (Å²) in [5.74, 6) is -0.334. The first-order valence-electron chi connectivity index (χ1n) is 5.75. The van der Waals surface area contributed by atoms with Crippen LogP contribution in [0.15, 0.2) is 36.7 Å². The molecule has 0 bridgehead atoms. The fourth-order valence-corrected chi connectivity index (χ4v) is 1.56. The van der Waals surface area contributed by atoms with E-state index in [-0.39, 0.29) is 35.6 Å². The van der Waals surface area contributed by atoms with E-state index in [2.05, 4.69) is 15.3 Å². The summed E-state index contributed by atoms with van der Waals surface area (Å²) >= 11 is 0. The van der Waals surface area contributed by atoms with E-state index >= 15 is 0 Å². The third-order valence-corrected chi connectivity index (χ3v) is 2.53. The minimum Gasteiger partial charge on any atom is -0.384 e. The van der Waals surface area contributed by atoms with Crippen molar-refractivity contribution in [2.24, 2.45) is 0 Å². The first kappa shape index (κ1) is 15.8. The third-order valence-electron chi connectivity index (χ3n) is 2.53. The lowest BCUT2D eigenvalue weighted by Gasteiger charge is -2.05. The van der Waals surface area contributed by atoms with Crippen LogP contribution in [0.25, 0.3) is 0 Å². The first-order chi connectivity index (χ1) is 9.15. The van der Waals surface area contributed by atoms with Gasteiger partial charge < -0.3 is 11.1 Å². The number of carbonyl (C=O) groups excluding carboxylic acids is 1. The van der Waals surface area contributed by atoms with Crippen LogP contribution < -0.4 is 11.1 Å². The lowest BCUT2D eigenvalue weighted by Crippen LogP contribution is -2.26. The molecule has 3 N–H and O–H groups in total. The van der Waals surface area contributed by atoms with E-state index in [1.807, 2.05) is 0 Å². The molecule has 2 aromatic rings. The Hall–Kier alpha value is -2.21. The number of anilines is 1. The van der Waals surface area contributed by atoms with Gasteiger partial charge in [-0.3, -0.25) is 4.79 Å². The number of hydrogen-bond acceptors (Lipinski definition) is 4. The predicted octanol–water partition coefficient (Wildman–Crippen LogP) is 1.59. The van der Waals surface area contributed by atoms with Crippen molar-refractivity contribution in [3.63, 3.8) is 0 Å². The van der Waals surface area contributed by atoms with Crippen molar-refractivity contribution < 1.29 is 9.18 Å². The summed E-state index contributed by atoms with van der Waals surface area (Å²) in [6.45, 7) is 0.439. The van der Waals surface area contributed by atoms with Gasteiger partial charge in [0.1, 0.15) is 23.7 Å². The number of hydrogen-bond donors (Lipinski definition) is 2. The van der Waals surface area contributed by atoms with E-state index in [9.17, 15) is 9.18 Å². The Labute approximate surface area is 121 Å². The quantitative estimate of drug-likeness (QED) is 0.898. The number of nitrogens with zero attached hydrogens (tertiary/aromatic N) is 2. The van der Waals surface area contributed by atoms with Crippen molar-refractivity contribution in [3.8, 4) is 0 Å². The summed E-state index contributed by atoms with van der Waals surface area (Å²) in [5, 5.41) is 2.71. The molecule has 0 spiro atoms. The van der Waals surface area contributed by atoms with E-state index in [0.717, 1.165) is 5.56 Å². The van der Waals surface area contributed by atoms with Gasteiger partial charge in [-0.25, -0.2) is 14.4 Å². The second kappa shape index (κ2) is 7.40. The molecule has 0 atom stereocenters. The Balaban J connectivity index is 0.00000200. The molecule has 0 unspecified atom stereocenters. The molecular weight excluding hydrogens is 283 g/mol. The molecule has 0 fully saturated rings. The van der Waals surface area contributed by atoms with Crippen LogP contribution in [0.4, 0.5) is 10.2 Å². The van der Waals surface area contributed by atoms with Gasteiger partial charge in [0.05, 0.1) is 0 Å². The Bertz CT molecular complexity index is 577. The Morgan fingerprint density at radius 3 is 2.60 bits per heavy atom.